The van der Waals surface area contributed by atoms with Gasteiger partial charge >= 0.3 is 6.18 Å². The molecule has 1 heterocycles. The highest BCUT2D eigenvalue weighted by atomic mass is 127. The van der Waals surface area contributed by atoms with Crippen LogP contribution in [-0.4, -0.2) is 32.4 Å². The fourth-order valence-electron chi connectivity index (χ4n) is 2.26. The largest absolute Gasteiger partial charge is 0.416 e. The number of halogens is 4. The quantitative estimate of drug-likeness (QED) is 0.725. The van der Waals surface area contributed by atoms with Crippen LogP contribution in [0.4, 0.5) is 13.2 Å². The molecule has 1 aromatic rings. The predicted molar refractivity (Wildman–Crippen MR) is 83.3 cm³/mol. The first-order chi connectivity index (χ1) is 10.1. The van der Waals surface area contributed by atoms with Gasteiger partial charge in [0.1, 0.15) is 0 Å². The number of hydrogen-bond donors (Lipinski definition) is 1. The Morgan fingerprint density at radius 1 is 1.32 bits per heavy atom. The SMILES string of the molecule is O=C(NCC1CCS(=O)(=O)C1)c1cc(I)cc(C(F)(F)F)c1. The first-order valence-corrected chi connectivity index (χ1v) is 9.33. The van der Waals surface area contributed by atoms with Gasteiger partial charge < -0.3 is 5.32 Å². The molecular weight excluding hydrogens is 434 g/mol. The molecule has 1 aliphatic rings. The standard InChI is InChI=1S/C13H13F3INO3S/c14-13(15,16)10-3-9(4-11(17)5-10)12(19)18-6-8-1-2-22(20,21)7-8/h3-5,8H,1-2,6-7H2,(H,18,19). The monoisotopic (exact) mass is 447 g/mol. The molecule has 4 nitrogen and oxygen atoms in total. The summed E-state index contributed by atoms with van der Waals surface area (Å²) in [6, 6.07) is 3.11. The zero-order valence-electron chi connectivity index (χ0n) is 11.3. The Hall–Kier alpha value is -0.840. The third kappa shape index (κ3) is 4.58. The summed E-state index contributed by atoms with van der Waals surface area (Å²) < 4.78 is 61.1. The fraction of sp³-hybridized carbons (Fsp3) is 0.462. The lowest BCUT2D eigenvalue weighted by molar-refractivity contribution is -0.137. The predicted octanol–water partition coefficient (Wildman–Crippen LogP) is 2.47. The van der Waals surface area contributed by atoms with Gasteiger partial charge in [-0.05, 0) is 53.1 Å². The van der Waals surface area contributed by atoms with Crippen molar-refractivity contribution in [3.05, 3.63) is 32.9 Å². The molecule has 22 heavy (non-hydrogen) atoms. The number of nitrogens with one attached hydrogen (secondary N) is 1. The molecule has 1 fully saturated rings. The van der Waals surface area contributed by atoms with E-state index >= 15 is 0 Å². The van der Waals surface area contributed by atoms with Crippen LogP contribution in [0, 0.1) is 9.49 Å². The molecule has 122 valence electrons. The van der Waals surface area contributed by atoms with Crippen LogP contribution in [-0.2, 0) is 16.0 Å². The van der Waals surface area contributed by atoms with Gasteiger partial charge in [0.25, 0.3) is 5.91 Å². The summed E-state index contributed by atoms with van der Waals surface area (Å²) in [7, 11) is -3.04. The average Bonchev–Trinajstić information content (AvgIpc) is 2.74. The molecule has 9 heteroatoms. The van der Waals surface area contributed by atoms with Gasteiger partial charge in [-0.3, -0.25) is 4.79 Å². The van der Waals surface area contributed by atoms with Crippen LogP contribution in [0.25, 0.3) is 0 Å². The first kappa shape index (κ1) is 17.5. The number of hydrogen-bond acceptors (Lipinski definition) is 3. The van der Waals surface area contributed by atoms with Crippen molar-refractivity contribution in [1.82, 2.24) is 5.32 Å². The molecule has 2 rings (SSSR count). The van der Waals surface area contributed by atoms with Gasteiger partial charge in [-0.25, -0.2) is 8.42 Å². The minimum absolute atomic E-state index is 0.00735. The van der Waals surface area contributed by atoms with Gasteiger partial charge in [0, 0.05) is 15.7 Å². The number of carbonyl (C=O) groups excluding carboxylic acids is 1. The smallest absolute Gasteiger partial charge is 0.352 e. The van der Waals surface area contributed by atoms with Crippen LogP contribution < -0.4 is 5.32 Å². The second kappa shape index (κ2) is 6.34. The number of amides is 1. The van der Waals surface area contributed by atoms with Gasteiger partial charge in [-0.2, -0.15) is 13.2 Å². The first-order valence-electron chi connectivity index (χ1n) is 6.43. The van der Waals surface area contributed by atoms with E-state index in [4.69, 9.17) is 0 Å². The summed E-state index contributed by atoms with van der Waals surface area (Å²) in [5.41, 5.74) is -0.965. The van der Waals surface area contributed by atoms with Crippen molar-refractivity contribution in [3.8, 4) is 0 Å². The molecule has 1 saturated heterocycles. The highest BCUT2D eigenvalue weighted by Crippen LogP contribution is 2.31. The molecule has 1 unspecified atom stereocenters. The van der Waals surface area contributed by atoms with E-state index in [2.05, 4.69) is 5.32 Å². The summed E-state index contributed by atoms with van der Waals surface area (Å²) in [6.45, 7) is 0.144. The maximum atomic E-state index is 12.7. The Balaban J connectivity index is 2.05. The van der Waals surface area contributed by atoms with Gasteiger partial charge in [-0.15, -0.1) is 0 Å². The molecule has 1 atom stereocenters. The summed E-state index contributed by atoms with van der Waals surface area (Å²) in [4.78, 5) is 12.0. The summed E-state index contributed by atoms with van der Waals surface area (Å²) in [5, 5.41) is 2.51. The van der Waals surface area contributed by atoms with Gasteiger partial charge in [0.15, 0.2) is 9.84 Å². The fourth-order valence-corrected chi connectivity index (χ4v) is 4.79. The van der Waals surface area contributed by atoms with Crippen molar-refractivity contribution in [2.24, 2.45) is 5.92 Å². The lowest BCUT2D eigenvalue weighted by atomic mass is 10.1. The van der Waals surface area contributed by atoms with E-state index in [1.807, 2.05) is 0 Å². The van der Waals surface area contributed by atoms with Crippen molar-refractivity contribution in [2.75, 3.05) is 18.1 Å². The lowest BCUT2D eigenvalue weighted by Crippen LogP contribution is -2.30. The van der Waals surface area contributed by atoms with Crippen LogP contribution in [0.3, 0.4) is 0 Å². The number of sulfone groups is 1. The van der Waals surface area contributed by atoms with E-state index < -0.39 is 27.5 Å². The molecule has 0 aliphatic carbocycles. The highest BCUT2D eigenvalue weighted by molar-refractivity contribution is 14.1. The Labute approximate surface area is 139 Å². The van der Waals surface area contributed by atoms with Crippen LogP contribution >= 0.6 is 22.6 Å². The van der Waals surface area contributed by atoms with E-state index in [0.717, 1.165) is 12.1 Å². The second-order valence-electron chi connectivity index (χ2n) is 5.21. The normalized spacial score (nSPS) is 20.8. The van der Waals surface area contributed by atoms with Crippen LogP contribution in [0.1, 0.15) is 22.3 Å². The van der Waals surface area contributed by atoms with Crippen LogP contribution in [0.5, 0.6) is 0 Å². The van der Waals surface area contributed by atoms with E-state index in [1.54, 1.807) is 22.6 Å². The van der Waals surface area contributed by atoms with E-state index in [9.17, 15) is 26.4 Å². The van der Waals surface area contributed by atoms with Crippen molar-refractivity contribution >= 4 is 38.3 Å². The van der Waals surface area contributed by atoms with Crippen molar-refractivity contribution < 1.29 is 26.4 Å². The van der Waals surface area contributed by atoms with E-state index in [-0.39, 0.29) is 29.5 Å². The van der Waals surface area contributed by atoms with E-state index in [1.165, 1.54) is 6.07 Å². The number of alkyl halides is 3. The zero-order chi connectivity index (χ0) is 16.5. The summed E-state index contributed by atoms with van der Waals surface area (Å²) in [6.07, 6.45) is -4.06. The highest BCUT2D eigenvalue weighted by Gasteiger charge is 2.32. The van der Waals surface area contributed by atoms with Crippen molar-refractivity contribution in [3.63, 3.8) is 0 Å². The van der Waals surface area contributed by atoms with Gasteiger partial charge in [0.05, 0.1) is 17.1 Å². The molecule has 0 radical (unpaired) electrons. The Morgan fingerprint density at radius 3 is 2.55 bits per heavy atom. The average molecular weight is 447 g/mol. The number of carbonyl (C=O) groups is 1. The Bertz CT molecular complexity index is 688. The molecule has 1 N–H and O–H groups in total. The number of rotatable bonds is 3. The minimum Gasteiger partial charge on any atom is -0.352 e. The maximum Gasteiger partial charge on any atom is 0.416 e. The summed E-state index contributed by atoms with van der Waals surface area (Å²) in [5.74, 6) is -0.713. The molecule has 0 aromatic heterocycles. The summed E-state index contributed by atoms with van der Waals surface area (Å²) >= 11 is 1.72. The van der Waals surface area contributed by atoms with Crippen LogP contribution in [0.15, 0.2) is 18.2 Å². The molecular formula is C13H13F3INO3S. The third-order valence-corrected chi connectivity index (χ3v) is 5.83. The van der Waals surface area contributed by atoms with Gasteiger partial charge in [-0.1, -0.05) is 0 Å². The topological polar surface area (TPSA) is 63.2 Å². The van der Waals surface area contributed by atoms with Crippen molar-refractivity contribution in [1.29, 1.82) is 0 Å². The number of benzene rings is 1. The van der Waals surface area contributed by atoms with E-state index in [0.29, 0.717) is 9.99 Å². The van der Waals surface area contributed by atoms with Crippen LogP contribution in [0.2, 0.25) is 0 Å². The molecule has 0 spiro atoms. The molecule has 1 aliphatic heterocycles. The van der Waals surface area contributed by atoms with Crippen molar-refractivity contribution in [2.45, 2.75) is 12.6 Å². The zero-order valence-corrected chi connectivity index (χ0v) is 14.3. The molecule has 1 aromatic carbocycles. The minimum atomic E-state index is -4.52. The lowest BCUT2D eigenvalue weighted by Gasteiger charge is -2.12. The third-order valence-electron chi connectivity index (χ3n) is 3.37. The molecule has 0 saturated carbocycles. The molecule has 1 amide bonds. The Morgan fingerprint density at radius 2 is 2.00 bits per heavy atom. The maximum absolute atomic E-state index is 12.7. The second-order valence-corrected chi connectivity index (χ2v) is 8.68. The van der Waals surface area contributed by atoms with Gasteiger partial charge in [0.2, 0.25) is 0 Å². The molecule has 0 bridgehead atoms. The Kier molecular flexibility index (Phi) is 5.05.